The van der Waals surface area contributed by atoms with E-state index in [-0.39, 0.29) is 12.6 Å². The van der Waals surface area contributed by atoms with Crippen LogP contribution in [0.2, 0.25) is 0 Å². The van der Waals surface area contributed by atoms with Crippen molar-refractivity contribution in [1.29, 1.82) is 0 Å². The molecule has 4 heterocycles. The highest BCUT2D eigenvalue weighted by atomic mass is 32.1. The van der Waals surface area contributed by atoms with E-state index < -0.39 is 0 Å². The van der Waals surface area contributed by atoms with Crippen LogP contribution in [-0.4, -0.2) is 56.3 Å². The summed E-state index contributed by atoms with van der Waals surface area (Å²) in [4.78, 5) is 19.6. The van der Waals surface area contributed by atoms with Gasteiger partial charge in [-0.05, 0) is 98.8 Å². The summed E-state index contributed by atoms with van der Waals surface area (Å²) in [6.07, 6.45) is 10.7. The summed E-state index contributed by atoms with van der Waals surface area (Å²) in [7, 11) is 3.21. The number of carbonyl (C=O) groups is 1. The highest BCUT2D eigenvalue weighted by Crippen LogP contribution is 2.32. The second kappa shape index (κ2) is 19.3. The Morgan fingerprint density at radius 3 is 1.72 bits per heavy atom. The van der Waals surface area contributed by atoms with Crippen molar-refractivity contribution in [3.8, 4) is 23.0 Å². The zero-order valence-corrected chi connectivity index (χ0v) is 31.8. The van der Waals surface area contributed by atoms with Gasteiger partial charge in [0.25, 0.3) is 0 Å². The molecule has 2 aliphatic heterocycles. The van der Waals surface area contributed by atoms with Gasteiger partial charge in [-0.2, -0.15) is 0 Å². The van der Waals surface area contributed by atoms with E-state index in [2.05, 4.69) is 22.1 Å². The van der Waals surface area contributed by atoms with Crippen LogP contribution in [0.4, 0.5) is 0 Å². The van der Waals surface area contributed by atoms with E-state index in [0.717, 1.165) is 90.4 Å². The van der Waals surface area contributed by atoms with Crippen molar-refractivity contribution in [2.24, 2.45) is 0 Å². The first-order valence-corrected chi connectivity index (χ1v) is 19.4. The van der Waals surface area contributed by atoms with Gasteiger partial charge in [-0.1, -0.05) is 36.4 Å². The summed E-state index contributed by atoms with van der Waals surface area (Å²) in [6.45, 7) is 3.53. The standard InChI is InChI=1S/C21H21NO3S.C13H16O4.C8H7NS/c1-23-18-14-15(9-11-17(18)25-21-8-4-5-13-24-21)10-12-20-22-16-6-2-3-7-19(16)26-20;1-15-12-8-10(9-14)5-6-11(12)17-13-4-2-3-7-16-13;1-6-9-7-4-2-3-5-8(7)10-6/h2-3,6-7,9-12,14,21H,4-5,8,13H2,1H3;5-6,8-9,13H,2-4,7H2,1H3;2-5H,1H3/b12-10+;;. The van der Waals surface area contributed by atoms with Crippen LogP contribution in [-0.2, 0) is 9.47 Å². The first-order chi connectivity index (χ1) is 26.0. The van der Waals surface area contributed by atoms with Crippen molar-refractivity contribution in [3.05, 3.63) is 106 Å². The maximum atomic E-state index is 10.7. The molecule has 0 aliphatic carbocycles. The van der Waals surface area contributed by atoms with Crippen LogP contribution >= 0.6 is 22.7 Å². The molecule has 2 unspecified atom stereocenters. The Bertz CT molecular complexity index is 2030. The molecular formula is C42H44N2O7S2. The number of benzene rings is 4. The summed E-state index contributed by atoms with van der Waals surface area (Å²) in [6, 6.07) is 27.4. The average molecular weight is 753 g/mol. The van der Waals surface area contributed by atoms with Gasteiger partial charge in [-0.3, -0.25) is 4.79 Å². The molecule has 0 N–H and O–H groups in total. The normalized spacial score (nSPS) is 17.0. The number of thiazole rings is 2. The maximum absolute atomic E-state index is 10.7. The molecule has 276 valence electrons. The molecule has 53 heavy (non-hydrogen) atoms. The van der Waals surface area contributed by atoms with E-state index >= 15 is 0 Å². The number of ether oxygens (including phenoxy) is 6. The lowest BCUT2D eigenvalue weighted by atomic mass is 10.2. The topological polar surface area (TPSA) is 98.2 Å². The van der Waals surface area contributed by atoms with Gasteiger partial charge in [0.1, 0.15) is 11.3 Å². The van der Waals surface area contributed by atoms with E-state index in [9.17, 15) is 4.79 Å². The predicted molar refractivity (Wildman–Crippen MR) is 213 cm³/mol. The lowest BCUT2D eigenvalue weighted by molar-refractivity contribution is -0.106. The fourth-order valence-electron chi connectivity index (χ4n) is 5.75. The number of aryl methyl sites for hydroxylation is 1. The Morgan fingerprint density at radius 2 is 1.19 bits per heavy atom. The van der Waals surface area contributed by atoms with E-state index in [0.29, 0.717) is 22.8 Å². The molecule has 0 bridgehead atoms. The Hall–Kier alpha value is -4.81. The number of carbonyl (C=O) groups excluding carboxylic acids is 1. The number of hydrogen-bond donors (Lipinski definition) is 0. The molecule has 2 aromatic heterocycles. The van der Waals surface area contributed by atoms with Crippen molar-refractivity contribution in [3.63, 3.8) is 0 Å². The van der Waals surface area contributed by atoms with Gasteiger partial charge in [0.15, 0.2) is 35.6 Å². The van der Waals surface area contributed by atoms with E-state index in [1.54, 1.807) is 55.1 Å². The molecule has 0 radical (unpaired) electrons. The van der Waals surface area contributed by atoms with Crippen LogP contribution in [0.1, 0.15) is 64.5 Å². The second-order valence-corrected chi connectivity index (χ2v) is 14.6. The quantitative estimate of drug-likeness (QED) is 0.134. The zero-order chi connectivity index (χ0) is 36.8. The maximum Gasteiger partial charge on any atom is 0.200 e. The third-order valence-electron chi connectivity index (χ3n) is 8.43. The third kappa shape index (κ3) is 10.9. The van der Waals surface area contributed by atoms with Gasteiger partial charge in [0.2, 0.25) is 0 Å². The summed E-state index contributed by atoms with van der Waals surface area (Å²) in [5.41, 5.74) is 3.76. The molecule has 2 fully saturated rings. The molecule has 0 amide bonds. The van der Waals surface area contributed by atoms with Crippen molar-refractivity contribution in [2.75, 3.05) is 27.4 Å². The average Bonchev–Trinajstić information content (AvgIpc) is 3.81. The minimum absolute atomic E-state index is 0.179. The molecule has 0 saturated carbocycles. The number of rotatable bonds is 9. The molecule has 4 aromatic carbocycles. The van der Waals surface area contributed by atoms with Gasteiger partial charge < -0.3 is 28.4 Å². The minimum Gasteiger partial charge on any atom is -0.493 e. The van der Waals surface area contributed by atoms with E-state index in [1.165, 1.54) is 9.40 Å². The number of hydrogen-bond acceptors (Lipinski definition) is 11. The largest absolute Gasteiger partial charge is 0.493 e. The lowest BCUT2D eigenvalue weighted by Gasteiger charge is -2.24. The Kier molecular flexibility index (Phi) is 13.8. The van der Waals surface area contributed by atoms with Gasteiger partial charge in [-0.15, -0.1) is 22.7 Å². The predicted octanol–water partition coefficient (Wildman–Crippen LogP) is 10.4. The summed E-state index contributed by atoms with van der Waals surface area (Å²) < 4.78 is 36.0. The van der Waals surface area contributed by atoms with Crippen LogP contribution in [0.15, 0.2) is 84.9 Å². The molecule has 0 spiro atoms. The molecule has 2 saturated heterocycles. The Morgan fingerprint density at radius 1 is 0.642 bits per heavy atom. The fourth-order valence-corrected chi connectivity index (χ4v) is 7.45. The molecule has 2 aliphatic rings. The molecule has 9 nitrogen and oxygen atoms in total. The van der Waals surface area contributed by atoms with Crippen LogP contribution < -0.4 is 18.9 Å². The fraction of sp³-hybridized carbons (Fsp3) is 0.310. The number of methoxy groups -OCH3 is 2. The van der Waals surface area contributed by atoms with Gasteiger partial charge >= 0.3 is 0 Å². The number of fused-ring (bicyclic) bond motifs is 2. The Balaban J connectivity index is 0.000000152. The number of para-hydroxylation sites is 2. The van der Waals surface area contributed by atoms with Crippen molar-refractivity contribution >= 4 is 61.5 Å². The van der Waals surface area contributed by atoms with Crippen LogP contribution in [0.3, 0.4) is 0 Å². The zero-order valence-electron chi connectivity index (χ0n) is 30.2. The monoisotopic (exact) mass is 752 g/mol. The van der Waals surface area contributed by atoms with Crippen LogP contribution in [0, 0.1) is 6.92 Å². The molecule has 6 aromatic rings. The minimum atomic E-state index is -0.209. The summed E-state index contributed by atoms with van der Waals surface area (Å²) >= 11 is 3.42. The van der Waals surface area contributed by atoms with Crippen molar-refractivity contribution in [1.82, 2.24) is 9.97 Å². The molecule has 2 atom stereocenters. The van der Waals surface area contributed by atoms with Crippen LogP contribution in [0.5, 0.6) is 23.0 Å². The number of nitrogens with zero attached hydrogens (tertiary/aromatic N) is 2. The summed E-state index contributed by atoms with van der Waals surface area (Å²) in [5, 5.41) is 2.13. The number of aromatic nitrogens is 2. The highest BCUT2D eigenvalue weighted by Gasteiger charge is 2.18. The Labute approximate surface area is 318 Å². The van der Waals surface area contributed by atoms with Crippen molar-refractivity contribution in [2.45, 2.75) is 58.0 Å². The van der Waals surface area contributed by atoms with Crippen molar-refractivity contribution < 1.29 is 33.2 Å². The second-order valence-electron chi connectivity index (χ2n) is 12.3. The highest BCUT2D eigenvalue weighted by molar-refractivity contribution is 7.19. The molecular weight excluding hydrogens is 709 g/mol. The first-order valence-electron chi connectivity index (χ1n) is 17.7. The number of aldehydes is 1. The van der Waals surface area contributed by atoms with Gasteiger partial charge in [-0.25, -0.2) is 9.97 Å². The lowest BCUT2D eigenvalue weighted by Crippen LogP contribution is -2.25. The van der Waals surface area contributed by atoms with Crippen LogP contribution in [0.25, 0.3) is 32.6 Å². The molecule has 11 heteroatoms. The third-order valence-corrected chi connectivity index (χ3v) is 10.4. The molecule has 8 rings (SSSR count). The van der Waals surface area contributed by atoms with Gasteiger partial charge in [0, 0.05) is 18.4 Å². The SMILES string of the molecule is COc1cc(/C=C/c2nc3ccccc3s2)ccc1OC1CCCCO1.COc1cc(C=O)ccc1OC1CCCCO1.Cc1nc2ccccc2s1. The first kappa shape index (κ1) is 37.9. The van der Waals surface area contributed by atoms with E-state index in [1.807, 2.05) is 73.7 Å². The summed E-state index contributed by atoms with van der Waals surface area (Å²) in [5.74, 6) is 2.61. The van der Waals surface area contributed by atoms with Gasteiger partial charge in [0.05, 0.1) is 52.9 Å². The smallest absolute Gasteiger partial charge is 0.200 e. The van der Waals surface area contributed by atoms with E-state index in [4.69, 9.17) is 28.4 Å².